The smallest absolute Gasteiger partial charge is 0.414 e. The minimum Gasteiger partial charge on any atom is -0.422 e. The van der Waals surface area contributed by atoms with Crippen LogP contribution in [0, 0.1) is 5.82 Å². The highest BCUT2D eigenvalue weighted by Crippen LogP contribution is 2.28. The Balaban J connectivity index is 2.11. The summed E-state index contributed by atoms with van der Waals surface area (Å²) in [5, 5.41) is 0.498. The first-order chi connectivity index (χ1) is 17.5. The van der Waals surface area contributed by atoms with Gasteiger partial charge in [-0.25, -0.2) is 23.1 Å². The number of hydrogen-bond donors (Lipinski definition) is 2. The average Bonchev–Trinajstić information content (AvgIpc) is 2.83. The molecule has 37 heavy (non-hydrogen) atoms. The molecule has 1 heterocycles. The van der Waals surface area contributed by atoms with Crippen molar-refractivity contribution in [3.8, 4) is 5.75 Å². The van der Waals surface area contributed by atoms with Gasteiger partial charge >= 0.3 is 11.7 Å². The van der Waals surface area contributed by atoms with Gasteiger partial charge in [0.25, 0.3) is 10.2 Å². The SMILES string of the molecule is CNS(=O)(=O)Nc1cccc(Cc2c(CN(C)CCF)c3ccc(OC(=O)N(C)C)cc3oc2=O)c1F. The minimum absolute atomic E-state index is 0.0499. The fourth-order valence-corrected chi connectivity index (χ4v) is 4.12. The molecule has 2 N–H and O–H groups in total. The number of fused-ring (bicyclic) bond motifs is 1. The van der Waals surface area contributed by atoms with Gasteiger partial charge in [-0.2, -0.15) is 8.42 Å². The summed E-state index contributed by atoms with van der Waals surface area (Å²) in [6.45, 7) is -0.376. The summed E-state index contributed by atoms with van der Waals surface area (Å²) >= 11 is 0. The van der Waals surface area contributed by atoms with Crippen LogP contribution < -0.4 is 19.8 Å². The molecule has 0 saturated heterocycles. The summed E-state index contributed by atoms with van der Waals surface area (Å²) < 4.78 is 66.8. The number of carbonyl (C=O) groups is 1. The van der Waals surface area contributed by atoms with Gasteiger partial charge < -0.3 is 14.1 Å². The van der Waals surface area contributed by atoms with E-state index in [9.17, 15) is 22.4 Å². The van der Waals surface area contributed by atoms with Crippen LogP contribution in [0.1, 0.15) is 16.7 Å². The van der Waals surface area contributed by atoms with E-state index in [4.69, 9.17) is 9.15 Å². The molecule has 0 aliphatic rings. The van der Waals surface area contributed by atoms with E-state index in [1.54, 1.807) is 18.0 Å². The van der Waals surface area contributed by atoms with Gasteiger partial charge in [-0.15, -0.1) is 0 Å². The molecule has 0 spiro atoms. The van der Waals surface area contributed by atoms with Crippen LogP contribution in [0.25, 0.3) is 11.0 Å². The number of ether oxygens (including phenoxy) is 1. The van der Waals surface area contributed by atoms with Crippen molar-refractivity contribution in [3.63, 3.8) is 0 Å². The normalized spacial score (nSPS) is 11.6. The Labute approximate surface area is 213 Å². The first-order valence-corrected chi connectivity index (χ1v) is 12.6. The number of nitrogens with zero attached hydrogens (tertiary/aromatic N) is 2. The zero-order valence-corrected chi connectivity index (χ0v) is 21.6. The van der Waals surface area contributed by atoms with Crippen LogP contribution in [-0.2, 0) is 23.2 Å². The molecule has 0 saturated carbocycles. The number of anilines is 1. The maximum absolute atomic E-state index is 15.2. The zero-order valence-electron chi connectivity index (χ0n) is 20.8. The molecule has 0 radical (unpaired) electrons. The van der Waals surface area contributed by atoms with E-state index in [1.807, 2.05) is 4.72 Å². The molecule has 0 fully saturated rings. The summed E-state index contributed by atoms with van der Waals surface area (Å²) in [6, 6.07) is 8.66. The van der Waals surface area contributed by atoms with E-state index < -0.39 is 34.4 Å². The van der Waals surface area contributed by atoms with Crippen molar-refractivity contribution in [3.05, 3.63) is 69.3 Å². The summed E-state index contributed by atoms with van der Waals surface area (Å²) in [5.74, 6) is -0.699. The van der Waals surface area contributed by atoms with Gasteiger partial charge in [0.05, 0.1) is 5.69 Å². The molecular formula is C24H28F2N4O6S. The van der Waals surface area contributed by atoms with Gasteiger partial charge in [-0.1, -0.05) is 12.1 Å². The van der Waals surface area contributed by atoms with Crippen molar-refractivity contribution in [1.29, 1.82) is 0 Å². The predicted octanol–water partition coefficient (Wildman–Crippen LogP) is 2.86. The third-order valence-electron chi connectivity index (χ3n) is 5.52. The van der Waals surface area contributed by atoms with Crippen molar-refractivity contribution in [2.75, 3.05) is 46.1 Å². The molecule has 0 unspecified atom stereocenters. The van der Waals surface area contributed by atoms with Crippen LogP contribution in [0.15, 0.2) is 45.6 Å². The van der Waals surface area contributed by atoms with E-state index in [0.29, 0.717) is 10.9 Å². The molecular weight excluding hydrogens is 510 g/mol. The fourth-order valence-electron chi connectivity index (χ4n) is 3.57. The molecule has 3 aromatic rings. The Kier molecular flexibility index (Phi) is 8.84. The number of alkyl halides is 1. The molecule has 1 amide bonds. The van der Waals surface area contributed by atoms with Crippen molar-refractivity contribution in [1.82, 2.24) is 14.5 Å². The van der Waals surface area contributed by atoms with Gasteiger partial charge in [0.2, 0.25) is 0 Å². The molecule has 2 aromatic carbocycles. The molecule has 13 heteroatoms. The van der Waals surface area contributed by atoms with Crippen molar-refractivity contribution >= 4 is 33.0 Å². The highest BCUT2D eigenvalue weighted by Gasteiger charge is 2.21. The van der Waals surface area contributed by atoms with Crippen LogP contribution in [0.2, 0.25) is 0 Å². The zero-order chi connectivity index (χ0) is 27.3. The standard InChI is InChI=1S/C24H28F2N4O6S/c1-27-37(33,34)28-20-7-5-6-15(22(20)26)12-18-19(14-30(4)11-10-25)17-9-8-16(35-24(32)29(2)3)13-21(17)36-23(18)31/h5-9,13,27-28H,10-12,14H2,1-4H3. The van der Waals surface area contributed by atoms with E-state index in [0.717, 1.165) is 0 Å². The third-order valence-corrected chi connectivity index (χ3v) is 6.54. The second-order valence-electron chi connectivity index (χ2n) is 8.46. The summed E-state index contributed by atoms with van der Waals surface area (Å²) in [6.07, 6.45) is -0.833. The van der Waals surface area contributed by atoms with Gasteiger partial charge in [0, 0.05) is 57.7 Å². The average molecular weight is 539 g/mol. The molecule has 0 bridgehead atoms. The molecule has 0 atom stereocenters. The summed E-state index contributed by atoms with van der Waals surface area (Å²) in [4.78, 5) is 27.9. The van der Waals surface area contributed by atoms with E-state index >= 15 is 4.39 Å². The number of nitrogens with one attached hydrogen (secondary N) is 2. The minimum atomic E-state index is -3.97. The quantitative estimate of drug-likeness (QED) is 0.381. The van der Waals surface area contributed by atoms with E-state index in [2.05, 4.69) is 4.72 Å². The lowest BCUT2D eigenvalue weighted by molar-refractivity contribution is 0.172. The summed E-state index contributed by atoms with van der Waals surface area (Å²) in [7, 11) is 1.92. The van der Waals surface area contributed by atoms with Crippen LogP contribution in [-0.4, -0.2) is 65.7 Å². The second-order valence-corrected chi connectivity index (χ2v) is 10.1. The van der Waals surface area contributed by atoms with Crippen molar-refractivity contribution in [2.24, 2.45) is 0 Å². The predicted molar refractivity (Wildman–Crippen MR) is 135 cm³/mol. The Morgan fingerprint density at radius 2 is 1.86 bits per heavy atom. The lowest BCUT2D eigenvalue weighted by Gasteiger charge is -2.19. The van der Waals surface area contributed by atoms with Gasteiger partial charge in [-0.3, -0.25) is 9.62 Å². The molecule has 10 nitrogen and oxygen atoms in total. The number of hydrogen-bond acceptors (Lipinski definition) is 7. The van der Waals surface area contributed by atoms with Crippen LogP contribution in [0.5, 0.6) is 5.75 Å². The maximum atomic E-state index is 15.2. The Morgan fingerprint density at radius 3 is 2.51 bits per heavy atom. The Bertz CT molecular complexity index is 1460. The van der Waals surface area contributed by atoms with Crippen LogP contribution in [0.3, 0.4) is 0 Å². The fraction of sp³-hybridized carbons (Fsp3) is 0.333. The largest absolute Gasteiger partial charge is 0.422 e. The number of amides is 1. The monoisotopic (exact) mass is 538 g/mol. The molecule has 200 valence electrons. The first kappa shape index (κ1) is 28.0. The lowest BCUT2D eigenvalue weighted by atomic mass is 9.97. The topological polar surface area (TPSA) is 121 Å². The number of halogens is 2. The van der Waals surface area contributed by atoms with Crippen LogP contribution >= 0.6 is 0 Å². The lowest BCUT2D eigenvalue weighted by Crippen LogP contribution is -2.27. The molecule has 0 aliphatic heterocycles. The Hall–Kier alpha value is -3.55. The highest BCUT2D eigenvalue weighted by atomic mass is 32.2. The Morgan fingerprint density at radius 1 is 1.14 bits per heavy atom. The number of carbonyl (C=O) groups excluding carboxylic acids is 1. The third kappa shape index (κ3) is 6.81. The van der Waals surface area contributed by atoms with Gasteiger partial charge in [0.1, 0.15) is 18.0 Å². The second kappa shape index (κ2) is 11.7. The maximum Gasteiger partial charge on any atom is 0.414 e. The van der Waals surface area contributed by atoms with Crippen molar-refractivity contribution in [2.45, 2.75) is 13.0 Å². The van der Waals surface area contributed by atoms with E-state index in [1.165, 1.54) is 56.4 Å². The molecule has 3 rings (SSSR count). The van der Waals surface area contributed by atoms with Crippen molar-refractivity contribution < 1.29 is 31.1 Å². The molecule has 0 aliphatic carbocycles. The first-order valence-electron chi connectivity index (χ1n) is 11.2. The molecule has 1 aromatic heterocycles. The number of rotatable bonds is 10. The van der Waals surface area contributed by atoms with Gasteiger partial charge in [0.15, 0.2) is 5.82 Å². The van der Waals surface area contributed by atoms with E-state index in [-0.39, 0.29) is 47.7 Å². The summed E-state index contributed by atoms with van der Waals surface area (Å²) in [5.41, 5.74) is -0.253. The highest BCUT2D eigenvalue weighted by molar-refractivity contribution is 7.90. The van der Waals surface area contributed by atoms with Gasteiger partial charge in [-0.05, 0) is 36.4 Å². The number of benzene rings is 2. The van der Waals surface area contributed by atoms with Crippen LogP contribution in [0.4, 0.5) is 19.3 Å².